The largest absolute Gasteiger partial charge is 0.455 e. The van der Waals surface area contributed by atoms with Gasteiger partial charge >= 0.3 is 0 Å². The van der Waals surface area contributed by atoms with E-state index in [9.17, 15) is 0 Å². The first kappa shape index (κ1) is 32.8. The van der Waals surface area contributed by atoms with Gasteiger partial charge in [-0.3, -0.25) is 0 Å². The number of hydrogen-bond donors (Lipinski definition) is 0. The maximum Gasteiger partial charge on any atom is 0.143 e. The van der Waals surface area contributed by atoms with Gasteiger partial charge in [-0.05, 0) is 88.0 Å². The molecule has 0 unspecified atom stereocenters. The summed E-state index contributed by atoms with van der Waals surface area (Å²) in [5.41, 5.74) is 15.7. The summed E-state index contributed by atoms with van der Waals surface area (Å²) in [7, 11) is 0. The molecule has 0 aliphatic carbocycles. The number of fused-ring (bicyclic) bond motifs is 6. The van der Waals surface area contributed by atoms with Crippen LogP contribution < -0.4 is 4.90 Å². The number of furan rings is 2. The van der Waals surface area contributed by atoms with Crippen molar-refractivity contribution in [2.24, 2.45) is 0 Å². The number of anilines is 3. The summed E-state index contributed by atoms with van der Waals surface area (Å²) in [5.74, 6) is 0. The Balaban J connectivity index is 1.05. The first-order valence-corrected chi connectivity index (χ1v) is 19.3. The molecule has 0 N–H and O–H groups in total. The third-order valence-corrected chi connectivity index (χ3v) is 11.1. The molecular weight excluding hydrogens is 695 g/mol. The van der Waals surface area contributed by atoms with Gasteiger partial charge in [0.1, 0.15) is 22.3 Å². The zero-order chi connectivity index (χ0) is 37.7. The van der Waals surface area contributed by atoms with Crippen LogP contribution in [0.4, 0.5) is 17.1 Å². The van der Waals surface area contributed by atoms with E-state index in [1.54, 1.807) is 0 Å². The van der Waals surface area contributed by atoms with E-state index < -0.39 is 0 Å². The van der Waals surface area contributed by atoms with Crippen LogP contribution in [0.15, 0.2) is 221 Å². The number of para-hydroxylation sites is 4. The molecule has 2 heterocycles. The van der Waals surface area contributed by atoms with E-state index in [1.807, 2.05) is 24.3 Å². The molecule has 3 nitrogen and oxygen atoms in total. The van der Waals surface area contributed by atoms with Crippen molar-refractivity contribution in [3.63, 3.8) is 0 Å². The van der Waals surface area contributed by atoms with Gasteiger partial charge in [0.25, 0.3) is 0 Å². The van der Waals surface area contributed by atoms with Crippen molar-refractivity contribution in [3.05, 3.63) is 212 Å². The van der Waals surface area contributed by atoms with Gasteiger partial charge in [0.15, 0.2) is 0 Å². The fourth-order valence-electron chi connectivity index (χ4n) is 8.33. The van der Waals surface area contributed by atoms with E-state index in [2.05, 4.69) is 193 Å². The maximum atomic E-state index is 6.50. The van der Waals surface area contributed by atoms with E-state index >= 15 is 0 Å². The fraction of sp³-hybridized carbons (Fsp3) is 0. The van der Waals surface area contributed by atoms with Crippen LogP contribution in [-0.2, 0) is 0 Å². The molecule has 0 spiro atoms. The van der Waals surface area contributed by atoms with Crippen molar-refractivity contribution in [3.8, 4) is 44.5 Å². The molecule has 268 valence electrons. The van der Waals surface area contributed by atoms with E-state index in [1.165, 1.54) is 16.7 Å². The molecule has 0 saturated heterocycles. The van der Waals surface area contributed by atoms with E-state index in [0.717, 1.165) is 88.8 Å². The van der Waals surface area contributed by atoms with Gasteiger partial charge in [0.05, 0.1) is 0 Å². The van der Waals surface area contributed by atoms with Crippen molar-refractivity contribution < 1.29 is 8.83 Å². The molecule has 0 radical (unpaired) electrons. The quantitative estimate of drug-likeness (QED) is 0.164. The zero-order valence-corrected chi connectivity index (χ0v) is 31.0. The molecule has 0 aliphatic heterocycles. The van der Waals surface area contributed by atoms with Crippen LogP contribution in [0, 0.1) is 0 Å². The molecule has 11 aromatic rings. The molecule has 3 heteroatoms. The first-order valence-electron chi connectivity index (χ1n) is 19.3. The SMILES string of the molecule is c1ccc(-c2cccc(-c3ccc(N(c4cccc(-c5cccc6c5oc5ccccc56)c4)c4cccc(-c5cccc6c5oc5ccccc56)c4)cc3)c2)cc1. The Labute approximate surface area is 330 Å². The maximum absolute atomic E-state index is 6.50. The van der Waals surface area contributed by atoms with Gasteiger partial charge in [-0.1, -0.05) is 158 Å². The predicted octanol–water partition coefficient (Wildman–Crippen LogP) is 15.6. The van der Waals surface area contributed by atoms with Crippen LogP contribution in [0.25, 0.3) is 88.4 Å². The van der Waals surface area contributed by atoms with Crippen molar-refractivity contribution in [2.75, 3.05) is 4.90 Å². The third kappa shape index (κ3) is 5.76. The van der Waals surface area contributed by atoms with E-state index in [-0.39, 0.29) is 0 Å². The molecule has 2 aromatic heterocycles. The van der Waals surface area contributed by atoms with Crippen LogP contribution in [0.2, 0.25) is 0 Å². The lowest BCUT2D eigenvalue weighted by Crippen LogP contribution is -2.10. The normalized spacial score (nSPS) is 11.5. The molecular formula is C54H35NO2. The summed E-state index contributed by atoms with van der Waals surface area (Å²) in [6.07, 6.45) is 0. The number of hydrogen-bond acceptors (Lipinski definition) is 3. The van der Waals surface area contributed by atoms with Crippen LogP contribution in [0.1, 0.15) is 0 Å². The van der Waals surface area contributed by atoms with Crippen molar-refractivity contribution in [1.82, 2.24) is 0 Å². The Bertz CT molecular complexity index is 3090. The second-order valence-electron chi connectivity index (χ2n) is 14.5. The topological polar surface area (TPSA) is 29.5 Å². The molecule has 0 atom stereocenters. The van der Waals surface area contributed by atoms with E-state index in [0.29, 0.717) is 0 Å². The average molecular weight is 730 g/mol. The monoisotopic (exact) mass is 729 g/mol. The lowest BCUT2D eigenvalue weighted by molar-refractivity contribution is 0.669. The summed E-state index contributed by atoms with van der Waals surface area (Å²) in [4.78, 5) is 2.34. The van der Waals surface area contributed by atoms with Gasteiger partial charge in [0, 0.05) is 49.7 Å². The van der Waals surface area contributed by atoms with Crippen molar-refractivity contribution in [2.45, 2.75) is 0 Å². The zero-order valence-electron chi connectivity index (χ0n) is 31.0. The Hall–Kier alpha value is -7.62. The average Bonchev–Trinajstić information content (AvgIpc) is 3.86. The van der Waals surface area contributed by atoms with Crippen LogP contribution in [-0.4, -0.2) is 0 Å². The highest BCUT2D eigenvalue weighted by Gasteiger charge is 2.19. The summed E-state index contributed by atoms with van der Waals surface area (Å²) in [5, 5.41) is 4.48. The molecule has 0 saturated carbocycles. The molecule has 57 heavy (non-hydrogen) atoms. The minimum atomic E-state index is 0.892. The summed E-state index contributed by atoms with van der Waals surface area (Å²) < 4.78 is 13.0. The van der Waals surface area contributed by atoms with Gasteiger partial charge < -0.3 is 13.7 Å². The molecule has 0 aliphatic rings. The predicted molar refractivity (Wildman–Crippen MR) is 237 cm³/mol. The minimum absolute atomic E-state index is 0.892. The lowest BCUT2D eigenvalue weighted by atomic mass is 9.98. The second kappa shape index (κ2) is 13.6. The summed E-state index contributed by atoms with van der Waals surface area (Å²) >= 11 is 0. The number of rotatable bonds is 7. The fourth-order valence-corrected chi connectivity index (χ4v) is 8.33. The molecule has 0 bridgehead atoms. The molecule has 11 rings (SSSR count). The van der Waals surface area contributed by atoms with Crippen molar-refractivity contribution in [1.29, 1.82) is 0 Å². The van der Waals surface area contributed by atoms with Crippen LogP contribution in [0.5, 0.6) is 0 Å². The third-order valence-electron chi connectivity index (χ3n) is 11.1. The van der Waals surface area contributed by atoms with Gasteiger partial charge in [0.2, 0.25) is 0 Å². The van der Waals surface area contributed by atoms with Gasteiger partial charge in [-0.15, -0.1) is 0 Å². The smallest absolute Gasteiger partial charge is 0.143 e. The number of nitrogens with zero attached hydrogens (tertiary/aromatic N) is 1. The summed E-state index contributed by atoms with van der Waals surface area (Å²) in [6.45, 7) is 0. The van der Waals surface area contributed by atoms with Crippen LogP contribution >= 0.6 is 0 Å². The first-order chi connectivity index (χ1) is 28.2. The summed E-state index contributed by atoms with van der Waals surface area (Å²) in [6, 6.07) is 75.1. The second-order valence-corrected chi connectivity index (χ2v) is 14.5. The van der Waals surface area contributed by atoms with Gasteiger partial charge in [-0.25, -0.2) is 0 Å². The highest BCUT2D eigenvalue weighted by molar-refractivity contribution is 6.11. The van der Waals surface area contributed by atoms with Crippen molar-refractivity contribution >= 4 is 60.9 Å². The Morgan fingerprint density at radius 3 is 1.25 bits per heavy atom. The Morgan fingerprint density at radius 2 is 0.684 bits per heavy atom. The Morgan fingerprint density at radius 1 is 0.263 bits per heavy atom. The van der Waals surface area contributed by atoms with Crippen LogP contribution in [0.3, 0.4) is 0 Å². The molecule has 9 aromatic carbocycles. The Kier molecular flexibility index (Phi) is 7.82. The number of benzene rings is 9. The van der Waals surface area contributed by atoms with Gasteiger partial charge in [-0.2, -0.15) is 0 Å². The molecule has 0 amide bonds. The highest BCUT2D eigenvalue weighted by atomic mass is 16.3. The highest BCUT2D eigenvalue weighted by Crippen LogP contribution is 2.43. The molecule has 0 fully saturated rings. The standard InChI is InChI=1S/C54H35NO2/c1-2-13-36(14-3-1)38-15-8-16-39(33-38)37-29-31-42(32-30-37)55(43-19-9-17-40(34-43)45-23-11-25-49-47-21-4-6-27-51(47)56-53(45)49)44-20-10-18-41(35-44)46-24-12-26-50-48-22-5-7-28-52(48)57-54(46)50/h1-35H. The van der Waals surface area contributed by atoms with E-state index in [4.69, 9.17) is 8.83 Å². The minimum Gasteiger partial charge on any atom is -0.455 e. The lowest BCUT2D eigenvalue weighted by Gasteiger charge is -2.27.